The Morgan fingerprint density at radius 1 is 1.44 bits per heavy atom. The summed E-state index contributed by atoms with van der Waals surface area (Å²) in [4.78, 5) is 29.8. The van der Waals surface area contributed by atoms with Crippen molar-refractivity contribution in [1.29, 1.82) is 0 Å². The Hall–Kier alpha value is -2.41. The maximum absolute atomic E-state index is 12.8. The normalized spacial score (nSPS) is 16.7. The van der Waals surface area contributed by atoms with Crippen molar-refractivity contribution in [3.8, 4) is 17.0 Å². The number of thiazole rings is 1. The second-order valence-electron chi connectivity index (χ2n) is 6.35. The van der Waals surface area contributed by atoms with Crippen LogP contribution in [0.5, 0.6) is 5.75 Å². The first kappa shape index (κ1) is 17.4. The third-order valence-electron chi connectivity index (χ3n) is 4.08. The molecule has 1 atom stereocenters. The minimum absolute atomic E-state index is 0.00570. The van der Waals surface area contributed by atoms with E-state index < -0.39 is 12.1 Å². The van der Waals surface area contributed by atoms with Gasteiger partial charge in [0.25, 0.3) is 5.91 Å². The van der Waals surface area contributed by atoms with Gasteiger partial charge in [-0.15, -0.1) is 11.3 Å². The number of anilines is 1. The SMILES string of the molecule is Cc1nc(-c2ccc3c(c2)N(CCC(=O)O)C(=O)C(C(C)C)O3)cs1. The van der Waals surface area contributed by atoms with Crippen LogP contribution in [0, 0.1) is 12.8 Å². The topological polar surface area (TPSA) is 79.7 Å². The van der Waals surface area contributed by atoms with E-state index in [1.54, 1.807) is 11.3 Å². The van der Waals surface area contributed by atoms with E-state index >= 15 is 0 Å². The number of aliphatic carboxylic acids is 1. The van der Waals surface area contributed by atoms with Crippen molar-refractivity contribution in [2.45, 2.75) is 33.3 Å². The molecule has 1 aromatic heterocycles. The van der Waals surface area contributed by atoms with Crippen LogP contribution in [0.3, 0.4) is 0 Å². The number of carboxylic acid groups (broad SMARTS) is 1. The molecular weight excluding hydrogens is 340 g/mol. The van der Waals surface area contributed by atoms with Gasteiger partial charge in [0.15, 0.2) is 6.10 Å². The van der Waals surface area contributed by atoms with Crippen LogP contribution < -0.4 is 9.64 Å². The predicted octanol–water partition coefficient (Wildman–Crippen LogP) is 3.34. The molecule has 7 heteroatoms. The van der Waals surface area contributed by atoms with E-state index in [-0.39, 0.29) is 24.8 Å². The summed E-state index contributed by atoms with van der Waals surface area (Å²) in [5.74, 6) is -0.545. The number of rotatable bonds is 5. The lowest BCUT2D eigenvalue weighted by Crippen LogP contribution is -2.49. The van der Waals surface area contributed by atoms with E-state index in [0.29, 0.717) is 11.4 Å². The van der Waals surface area contributed by atoms with E-state index in [2.05, 4.69) is 4.98 Å². The molecule has 6 nitrogen and oxygen atoms in total. The smallest absolute Gasteiger partial charge is 0.305 e. The van der Waals surface area contributed by atoms with E-state index in [4.69, 9.17) is 9.84 Å². The summed E-state index contributed by atoms with van der Waals surface area (Å²) in [6, 6.07) is 5.59. The standard InChI is InChI=1S/C18H20N2O4S/c1-10(2)17-18(23)20(7-6-16(21)22)14-8-12(4-5-15(14)24-17)13-9-25-11(3)19-13/h4-5,8-10,17H,6-7H2,1-3H3,(H,21,22). The van der Waals surface area contributed by atoms with E-state index in [1.807, 2.05) is 44.4 Å². The molecule has 0 saturated carbocycles. The van der Waals surface area contributed by atoms with E-state index in [1.165, 1.54) is 4.90 Å². The second kappa shape index (κ2) is 6.84. The number of hydrogen-bond donors (Lipinski definition) is 1. The molecule has 0 spiro atoms. The second-order valence-corrected chi connectivity index (χ2v) is 7.41. The number of benzene rings is 1. The molecule has 0 fully saturated rings. The van der Waals surface area contributed by atoms with Crippen LogP contribution in [0.15, 0.2) is 23.6 Å². The van der Waals surface area contributed by atoms with Crippen LogP contribution in [0.25, 0.3) is 11.3 Å². The molecule has 0 saturated heterocycles. The Bertz CT molecular complexity index is 815. The monoisotopic (exact) mass is 360 g/mol. The van der Waals surface area contributed by atoms with Gasteiger partial charge in [0.1, 0.15) is 5.75 Å². The molecule has 2 heterocycles. The third-order valence-corrected chi connectivity index (χ3v) is 4.86. The average Bonchev–Trinajstić information content (AvgIpc) is 2.99. The van der Waals surface area contributed by atoms with Gasteiger partial charge in [0, 0.05) is 17.5 Å². The van der Waals surface area contributed by atoms with Gasteiger partial charge >= 0.3 is 5.97 Å². The van der Waals surface area contributed by atoms with Crippen LogP contribution in [0.2, 0.25) is 0 Å². The molecule has 1 unspecified atom stereocenters. The molecule has 3 rings (SSSR count). The van der Waals surface area contributed by atoms with Gasteiger partial charge in [-0.05, 0) is 31.0 Å². The van der Waals surface area contributed by atoms with E-state index in [9.17, 15) is 9.59 Å². The van der Waals surface area contributed by atoms with Crippen molar-refractivity contribution in [2.24, 2.45) is 5.92 Å². The van der Waals surface area contributed by atoms with Gasteiger partial charge in [-0.25, -0.2) is 4.98 Å². The highest BCUT2D eigenvalue weighted by Gasteiger charge is 2.36. The van der Waals surface area contributed by atoms with Crippen LogP contribution >= 0.6 is 11.3 Å². The number of carboxylic acids is 1. The summed E-state index contributed by atoms with van der Waals surface area (Å²) < 4.78 is 5.88. The van der Waals surface area contributed by atoms with Crippen molar-refractivity contribution in [2.75, 3.05) is 11.4 Å². The molecule has 1 amide bonds. The zero-order valence-corrected chi connectivity index (χ0v) is 15.2. The van der Waals surface area contributed by atoms with Crippen LogP contribution in [-0.2, 0) is 9.59 Å². The van der Waals surface area contributed by atoms with Crippen molar-refractivity contribution in [3.05, 3.63) is 28.6 Å². The number of amides is 1. The quantitative estimate of drug-likeness (QED) is 0.884. The molecule has 0 bridgehead atoms. The van der Waals surface area contributed by atoms with Gasteiger partial charge < -0.3 is 14.7 Å². The molecule has 1 aliphatic rings. The highest BCUT2D eigenvalue weighted by Crippen LogP contribution is 2.39. The molecule has 2 aromatic rings. The number of ether oxygens (including phenoxy) is 1. The number of nitrogens with zero attached hydrogens (tertiary/aromatic N) is 2. The summed E-state index contributed by atoms with van der Waals surface area (Å²) in [5.41, 5.74) is 2.32. The summed E-state index contributed by atoms with van der Waals surface area (Å²) >= 11 is 1.56. The van der Waals surface area contributed by atoms with Crippen molar-refractivity contribution in [3.63, 3.8) is 0 Å². The highest BCUT2D eigenvalue weighted by atomic mass is 32.1. The maximum Gasteiger partial charge on any atom is 0.305 e. The maximum atomic E-state index is 12.8. The molecule has 1 aromatic carbocycles. The lowest BCUT2D eigenvalue weighted by molar-refractivity contribution is -0.136. The Balaban J connectivity index is 2.02. The van der Waals surface area contributed by atoms with Gasteiger partial charge in [0.2, 0.25) is 0 Å². The van der Waals surface area contributed by atoms with Crippen LogP contribution in [0.1, 0.15) is 25.3 Å². The van der Waals surface area contributed by atoms with Crippen LogP contribution in [-0.4, -0.2) is 34.6 Å². The minimum atomic E-state index is -0.937. The zero-order chi connectivity index (χ0) is 18.1. The summed E-state index contributed by atoms with van der Waals surface area (Å²) in [6.45, 7) is 5.88. The molecule has 0 aliphatic carbocycles. The first-order chi connectivity index (χ1) is 11.9. The highest BCUT2D eigenvalue weighted by molar-refractivity contribution is 7.09. The zero-order valence-electron chi connectivity index (χ0n) is 14.4. The van der Waals surface area contributed by atoms with Crippen LogP contribution in [0.4, 0.5) is 5.69 Å². The predicted molar refractivity (Wildman–Crippen MR) is 96.1 cm³/mol. The summed E-state index contributed by atoms with van der Waals surface area (Å²) in [7, 11) is 0. The molecule has 0 radical (unpaired) electrons. The largest absolute Gasteiger partial charge is 0.481 e. The van der Waals surface area contributed by atoms with Crippen molar-refractivity contribution < 1.29 is 19.4 Å². The van der Waals surface area contributed by atoms with Gasteiger partial charge in [-0.3, -0.25) is 9.59 Å². The lowest BCUT2D eigenvalue weighted by atomic mass is 10.0. The number of hydrogen-bond acceptors (Lipinski definition) is 5. The number of aromatic nitrogens is 1. The molecule has 1 N–H and O–H groups in total. The van der Waals surface area contributed by atoms with Gasteiger partial charge in [0.05, 0.1) is 22.8 Å². The van der Waals surface area contributed by atoms with Crippen molar-refractivity contribution >= 4 is 28.9 Å². The fraction of sp³-hybridized carbons (Fsp3) is 0.389. The van der Waals surface area contributed by atoms with Crippen molar-refractivity contribution in [1.82, 2.24) is 4.98 Å². The Labute approximate surface area is 150 Å². The Morgan fingerprint density at radius 3 is 2.80 bits per heavy atom. The van der Waals surface area contributed by atoms with E-state index in [0.717, 1.165) is 16.3 Å². The first-order valence-electron chi connectivity index (χ1n) is 8.13. The summed E-state index contributed by atoms with van der Waals surface area (Å²) in [5, 5.41) is 11.9. The number of carbonyl (C=O) groups is 2. The Morgan fingerprint density at radius 2 is 2.20 bits per heavy atom. The molecule has 132 valence electrons. The third kappa shape index (κ3) is 3.51. The van der Waals surface area contributed by atoms with Gasteiger partial charge in [-0.2, -0.15) is 0 Å². The Kier molecular flexibility index (Phi) is 4.76. The molecular formula is C18H20N2O4S. The minimum Gasteiger partial charge on any atom is -0.481 e. The van der Waals surface area contributed by atoms with Gasteiger partial charge in [-0.1, -0.05) is 13.8 Å². The first-order valence-corrected chi connectivity index (χ1v) is 9.01. The number of aryl methyl sites for hydroxylation is 1. The molecule has 1 aliphatic heterocycles. The fourth-order valence-electron chi connectivity index (χ4n) is 2.80. The number of carbonyl (C=O) groups excluding carboxylic acids is 1. The molecule has 25 heavy (non-hydrogen) atoms. The lowest BCUT2D eigenvalue weighted by Gasteiger charge is -2.36. The average molecular weight is 360 g/mol. The summed E-state index contributed by atoms with van der Waals surface area (Å²) in [6.07, 6.45) is -0.718. The fourth-order valence-corrected chi connectivity index (χ4v) is 3.42. The number of fused-ring (bicyclic) bond motifs is 1.